The molecule has 1 amide bonds. The van der Waals surface area contributed by atoms with E-state index >= 15 is 0 Å². The van der Waals surface area contributed by atoms with Crippen LogP contribution in [0.1, 0.15) is 42.1 Å². The second kappa shape index (κ2) is 9.21. The number of likely N-dealkylation sites (N-methyl/N-ethyl adjacent to an activating group) is 1. The number of nitrogens with one attached hydrogen (secondary N) is 1. The van der Waals surface area contributed by atoms with Crippen molar-refractivity contribution >= 4 is 15.9 Å². The Labute approximate surface area is 167 Å². The Morgan fingerprint density at radius 1 is 1.14 bits per heavy atom. The molecule has 0 aliphatic carbocycles. The molecular formula is C21H28N2O4S. The van der Waals surface area contributed by atoms with E-state index in [1.807, 2.05) is 38.1 Å². The first kappa shape index (κ1) is 21.9. The summed E-state index contributed by atoms with van der Waals surface area (Å²) < 4.78 is 30.6. The van der Waals surface area contributed by atoms with Crippen LogP contribution in [0.4, 0.5) is 0 Å². The Morgan fingerprint density at radius 3 is 2.29 bits per heavy atom. The highest BCUT2D eigenvalue weighted by Gasteiger charge is 2.31. The lowest BCUT2D eigenvalue weighted by Crippen LogP contribution is -2.42. The number of nitrogens with zero attached hydrogens (tertiary/aromatic N) is 1. The third kappa shape index (κ3) is 5.11. The molecule has 7 heteroatoms. The van der Waals surface area contributed by atoms with Crippen LogP contribution < -0.4 is 10.1 Å². The van der Waals surface area contributed by atoms with Gasteiger partial charge in [-0.25, -0.2) is 8.42 Å². The van der Waals surface area contributed by atoms with E-state index in [1.54, 1.807) is 31.4 Å². The predicted octanol–water partition coefficient (Wildman–Crippen LogP) is 3.20. The largest absolute Gasteiger partial charge is 0.496 e. The highest BCUT2D eigenvalue weighted by molar-refractivity contribution is 7.88. The Bertz CT molecular complexity index is 913. The van der Waals surface area contributed by atoms with Gasteiger partial charge in [0.2, 0.25) is 15.9 Å². The van der Waals surface area contributed by atoms with E-state index in [2.05, 4.69) is 5.32 Å². The van der Waals surface area contributed by atoms with Crippen LogP contribution >= 0.6 is 0 Å². The standard InChI is InChI=1S/C21H28N2O4S/c1-6-18(17-12-13-19(27-4)15(2)14-17)22-21(24)20(23(3)28(5,25)26)16-10-8-7-9-11-16/h7-14,18,20H,6H2,1-5H3,(H,22,24)/t18-,20+/m0/s1. The number of hydrogen-bond acceptors (Lipinski definition) is 4. The Hall–Kier alpha value is -2.38. The Balaban J connectivity index is 2.34. The van der Waals surface area contributed by atoms with Crippen LogP contribution in [0.15, 0.2) is 48.5 Å². The fourth-order valence-electron chi connectivity index (χ4n) is 3.14. The lowest BCUT2D eigenvalue weighted by atomic mass is 10.00. The van der Waals surface area contributed by atoms with Gasteiger partial charge in [-0.05, 0) is 36.1 Å². The molecule has 0 saturated heterocycles. The topological polar surface area (TPSA) is 75.7 Å². The van der Waals surface area contributed by atoms with Crippen molar-refractivity contribution in [2.45, 2.75) is 32.4 Å². The van der Waals surface area contributed by atoms with Gasteiger partial charge in [0.05, 0.1) is 19.4 Å². The minimum absolute atomic E-state index is 0.240. The van der Waals surface area contributed by atoms with Gasteiger partial charge in [-0.15, -0.1) is 0 Å². The molecule has 2 aromatic rings. The highest BCUT2D eigenvalue weighted by atomic mass is 32.2. The van der Waals surface area contributed by atoms with Crippen molar-refractivity contribution in [3.05, 3.63) is 65.2 Å². The SMILES string of the molecule is CC[C@H](NC(=O)[C@@H](c1ccccc1)N(C)S(C)(=O)=O)c1ccc(OC)c(C)c1. The lowest BCUT2D eigenvalue weighted by molar-refractivity contribution is -0.125. The van der Waals surface area contributed by atoms with Gasteiger partial charge >= 0.3 is 0 Å². The molecule has 152 valence electrons. The van der Waals surface area contributed by atoms with Gasteiger partial charge < -0.3 is 10.1 Å². The molecule has 2 atom stereocenters. The van der Waals surface area contributed by atoms with Crippen LogP contribution in [-0.2, 0) is 14.8 Å². The number of carbonyl (C=O) groups is 1. The summed E-state index contributed by atoms with van der Waals surface area (Å²) in [6, 6.07) is 13.5. The van der Waals surface area contributed by atoms with E-state index in [-0.39, 0.29) is 11.9 Å². The van der Waals surface area contributed by atoms with Gasteiger partial charge in [0, 0.05) is 7.05 Å². The molecule has 0 aliphatic heterocycles. The van der Waals surface area contributed by atoms with Crippen molar-refractivity contribution < 1.29 is 17.9 Å². The maximum absolute atomic E-state index is 13.1. The van der Waals surface area contributed by atoms with Gasteiger partial charge in [0.25, 0.3) is 0 Å². The summed E-state index contributed by atoms with van der Waals surface area (Å²) >= 11 is 0. The molecule has 1 N–H and O–H groups in total. The number of amides is 1. The van der Waals surface area contributed by atoms with E-state index in [0.717, 1.165) is 27.4 Å². The zero-order valence-corrected chi connectivity index (χ0v) is 17.8. The summed E-state index contributed by atoms with van der Waals surface area (Å²) in [4.78, 5) is 13.1. The normalized spacial score (nSPS) is 13.8. The highest BCUT2D eigenvalue weighted by Crippen LogP contribution is 2.27. The molecule has 0 aromatic heterocycles. The number of carbonyl (C=O) groups excluding carboxylic acids is 1. The minimum Gasteiger partial charge on any atom is -0.496 e. The summed E-state index contributed by atoms with van der Waals surface area (Å²) in [6.45, 7) is 3.92. The number of ether oxygens (including phenoxy) is 1. The fourth-order valence-corrected chi connectivity index (χ4v) is 3.74. The average molecular weight is 405 g/mol. The van der Waals surface area contributed by atoms with Crippen molar-refractivity contribution in [1.82, 2.24) is 9.62 Å². The molecule has 0 saturated carbocycles. The number of benzene rings is 2. The molecule has 0 aliphatic rings. The lowest BCUT2D eigenvalue weighted by Gasteiger charge is -2.28. The van der Waals surface area contributed by atoms with E-state index in [0.29, 0.717) is 12.0 Å². The molecule has 6 nitrogen and oxygen atoms in total. The summed E-state index contributed by atoms with van der Waals surface area (Å²) in [5, 5.41) is 3.01. The molecule has 0 bridgehead atoms. The Kier molecular flexibility index (Phi) is 7.21. The fraction of sp³-hybridized carbons (Fsp3) is 0.381. The molecule has 2 rings (SSSR count). The Morgan fingerprint density at radius 2 is 1.79 bits per heavy atom. The van der Waals surface area contributed by atoms with Gasteiger partial charge in [-0.1, -0.05) is 49.4 Å². The molecule has 0 heterocycles. The zero-order chi connectivity index (χ0) is 20.9. The quantitative estimate of drug-likeness (QED) is 0.733. The van der Waals surface area contributed by atoms with Crippen molar-refractivity contribution in [2.24, 2.45) is 0 Å². The second-order valence-corrected chi connectivity index (χ2v) is 8.83. The molecule has 0 radical (unpaired) electrons. The summed E-state index contributed by atoms with van der Waals surface area (Å²) in [5.41, 5.74) is 2.54. The molecule has 0 unspecified atom stereocenters. The van der Waals surface area contributed by atoms with Crippen molar-refractivity contribution in [3.63, 3.8) is 0 Å². The molecule has 2 aromatic carbocycles. The summed E-state index contributed by atoms with van der Waals surface area (Å²) in [6.07, 6.45) is 1.77. The van der Waals surface area contributed by atoms with Gasteiger partial charge in [0.1, 0.15) is 11.8 Å². The summed E-state index contributed by atoms with van der Waals surface area (Å²) in [7, 11) is -0.523. The predicted molar refractivity (Wildman–Crippen MR) is 111 cm³/mol. The first-order chi connectivity index (χ1) is 13.2. The smallest absolute Gasteiger partial charge is 0.243 e. The maximum atomic E-state index is 13.1. The third-order valence-corrected chi connectivity index (χ3v) is 6.05. The number of methoxy groups -OCH3 is 1. The molecular weight excluding hydrogens is 376 g/mol. The molecule has 0 fully saturated rings. The van der Waals surface area contributed by atoms with E-state index in [9.17, 15) is 13.2 Å². The van der Waals surface area contributed by atoms with Crippen molar-refractivity contribution in [3.8, 4) is 5.75 Å². The number of aryl methyl sites for hydroxylation is 1. The third-order valence-electron chi connectivity index (χ3n) is 4.80. The zero-order valence-electron chi connectivity index (χ0n) is 17.0. The van der Waals surface area contributed by atoms with E-state index in [4.69, 9.17) is 4.74 Å². The van der Waals surface area contributed by atoms with E-state index in [1.165, 1.54) is 7.05 Å². The van der Waals surface area contributed by atoms with Crippen LogP contribution in [0, 0.1) is 6.92 Å². The van der Waals surface area contributed by atoms with Crippen LogP contribution in [-0.4, -0.2) is 39.0 Å². The number of hydrogen-bond donors (Lipinski definition) is 1. The van der Waals surface area contributed by atoms with Crippen LogP contribution in [0.5, 0.6) is 5.75 Å². The molecule has 28 heavy (non-hydrogen) atoms. The monoisotopic (exact) mass is 404 g/mol. The van der Waals surface area contributed by atoms with Crippen LogP contribution in [0.2, 0.25) is 0 Å². The first-order valence-corrected chi connectivity index (χ1v) is 11.0. The second-order valence-electron chi connectivity index (χ2n) is 6.79. The minimum atomic E-state index is -3.56. The van der Waals surface area contributed by atoms with Gasteiger partial charge in [-0.2, -0.15) is 4.31 Å². The van der Waals surface area contributed by atoms with Crippen molar-refractivity contribution in [1.29, 1.82) is 0 Å². The van der Waals surface area contributed by atoms with Crippen LogP contribution in [0.3, 0.4) is 0 Å². The first-order valence-electron chi connectivity index (χ1n) is 9.11. The molecule has 0 spiro atoms. The van der Waals surface area contributed by atoms with Gasteiger partial charge in [0.15, 0.2) is 0 Å². The van der Waals surface area contributed by atoms with Crippen molar-refractivity contribution in [2.75, 3.05) is 20.4 Å². The summed E-state index contributed by atoms with van der Waals surface area (Å²) in [5.74, 6) is 0.420. The van der Waals surface area contributed by atoms with Gasteiger partial charge in [-0.3, -0.25) is 4.79 Å². The average Bonchev–Trinajstić information content (AvgIpc) is 2.66. The van der Waals surface area contributed by atoms with E-state index < -0.39 is 16.1 Å². The number of sulfonamides is 1. The number of rotatable bonds is 8. The van der Waals surface area contributed by atoms with Crippen LogP contribution in [0.25, 0.3) is 0 Å². The maximum Gasteiger partial charge on any atom is 0.243 e.